The quantitative estimate of drug-likeness (QED) is 0.669. The van der Waals surface area contributed by atoms with Gasteiger partial charge in [-0.05, 0) is 19.3 Å². The van der Waals surface area contributed by atoms with E-state index in [4.69, 9.17) is 4.74 Å². The van der Waals surface area contributed by atoms with Crippen molar-refractivity contribution in [2.45, 2.75) is 39.3 Å². The molecule has 1 fully saturated rings. The minimum atomic E-state index is 0.604. The van der Waals surface area contributed by atoms with Crippen LogP contribution in [0.4, 0.5) is 0 Å². The lowest BCUT2D eigenvalue weighted by molar-refractivity contribution is 0.186. The Bertz CT molecular complexity index is 108. The monoisotopic (exact) mass is 157 g/mol. The van der Waals surface area contributed by atoms with Crippen LogP contribution in [0.5, 0.6) is 0 Å². The number of hydrogen-bond donors (Lipinski definition) is 1. The molecule has 2 heteroatoms. The molecule has 11 heavy (non-hydrogen) atoms. The van der Waals surface area contributed by atoms with Gasteiger partial charge >= 0.3 is 0 Å². The van der Waals surface area contributed by atoms with Crippen LogP contribution in [-0.4, -0.2) is 25.3 Å². The van der Waals surface area contributed by atoms with E-state index in [1.807, 2.05) is 0 Å². The maximum Gasteiger partial charge on any atom is 0.0620 e. The van der Waals surface area contributed by atoms with Gasteiger partial charge in [0.05, 0.1) is 6.61 Å². The second-order valence-electron chi connectivity index (χ2n) is 3.76. The zero-order valence-corrected chi connectivity index (χ0v) is 7.76. The summed E-state index contributed by atoms with van der Waals surface area (Å²) in [5, 5.41) is 3.55. The molecule has 1 aliphatic rings. The van der Waals surface area contributed by atoms with Gasteiger partial charge in [-0.3, -0.25) is 0 Å². The third-order valence-electron chi connectivity index (χ3n) is 2.43. The molecule has 0 aromatic heterocycles. The van der Waals surface area contributed by atoms with Crippen LogP contribution in [0, 0.1) is 5.92 Å². The Hall–Kier alpha value is -0.0800. The summed E-state index contributed by atoms with van der Waals surface area (Å²) in [6.45, 7) is 8.56. The molecule has 0 amide bonds. The van der Waals surface area contributed by atoms with Crippen LogP contribution < -0.4 is 5.32 Å². The summed E-state index contributed by atoms with van der Waals surface area (Å²) in [5.41, 5.74) is 0. The molecule has 0 saturated carbocycles. The summed E-state index contributed by atoms with van der Waals surface area (Å²) >= 11 is 0. The van der Waals surface area contributed by atoms with E-state index in [2.05, 4.69) is 26.1 Å². The van der Waals surface area contributed by atoms with Crippen molar-refractivity contribution in [1.29, 1.82) is 0 Å². The van der Waals surface area contributed by atoms with Crippen molar-refractivity contribution < 1.29 is 4.74 Å². The summed E-state index contributed by atoms with van der Waals surface area (Å²) in [7, 11) is 0. The highest BCUT2D eigenvalue weighted by Gasteiger charge is 2.18. The van der Waals surface area contributed by atoms with Crippen LogP contribution in [0.25, 0.3) is 0 Å². The van der Waals surface area contributed by atoms with Gasteiger partial charge < -0.3 is 10.1 Å². The standard InChI is InChI=1S/C9H19NO/c1-7(2)8(3)10-9-4-5-11-6-9/h7-10H,4-6H2,1-3H3. The Morgan fingerprint density at radius 1 is 1.36 bits per heavy atom. The Kier molecular flexibility index (Phi) is 3.34. The van der Waals surface area contributed by atoms with Crippen LogP contribution in [0.2, 0.25) is 0 Å². The summed E-state index contributed by atoms with van der Waals surface area (Å²) in [6.07, 6.45) is 1.18. The van der Waals surface area contributed by atoms with Crippen molar-refractivity contribution in [2.75, 3.05) is 13.2 Å². The molecule has 1 N–H and O–H groups in total. The predicted molar refractivity (Wildman–Crippen MR) is 46.7 cm³/mol. The van der Waals surface area contributed by atoms with E-state index in [1.165, 1.54) is 6.42 Å². The SMILES string of the molecule is CC(C)C(C)NC1CCOC1. The number of hydrogen-bond acceptors (Lipinski definition) is 2. The molecule has 0 aliphatic carbocycles. The molecule has 1 aliphatic heterocycles. The van der Waals surface area contributed by atoms with Crippen molar-refractivity contribution >= 4 is 0 Å². The molecule has 0 aromatic carbocycles. The van der Waals surface area contributed by atoms with Gasteiger partial charge in [0.25, 0.3) is 0 Å². The van der Waals surface area contributed by atoms with E-state index in [-0.39, 0.29) is 0 Å². The molecule has 66 valence electrons. The fraction of sp³-hybridized carbons (Fsp3) is 1.00. The number of ether oxygens (including phenoxy) is 1. The molecule has 1 heterocycles. The van der Waals surface area contributed by atoms with E-state index in [1.54, 1.807) is 0 Å². The van der Waals surface area contributed by atoms with Crippen LogP contribution in [0.1, 0.15) is 27.2 Å². The summed E-state index contributed by atoms with van der Waals surface area (Å²) in [4.78, 5) is 0. The summed E-state index contributed by atoms with van der Waals surface area (Å²) < 4.78 is 5.28. The fourth-order valence-corrected chi connectivity index (χ4v) is 1.23. The fourth-order valence-electron chi connectivity index (χ4n) is 1.23. The minimum absolute atomic E-state index is 0.604. The van der Waals surface area contributed by atoms with Gasteiger partial charge in [0, 0.05) is 18.7 Å². The normalized spacial score (nSPS) is 27.8. The Balaban J connectivity index is 2.18. The third-order valence-corrected chi connectivity index (χ3v) is 2.43. The van der Waals surface area contributed by atoms with Gasteiger partial charge in [0.1, 0.15) is 0 Å². The van der Waals surface area contributed by atoms with Crippen molar-refractivity contribution in [1.82, 2.24) is 5.32 Å². The van der Waals surface area contributed by atoms with Crippen molar-refractivity contribution in [3.63, 3.8) is 0 Å². The Morgan fingerprint density at radius 2 is 2.09 bits per heavy atom. The minimum Gasteiger partial charge on any atom is -0.380 e. The summed E-state index contributed by atoms with van der Waals surface area (Å²) in [5.74, 6) is 0.718. The van der Waals surface area contributed by atoms with Crippen LogP contribution in [-0.2, 0) is 4.74 Å². The molecule has 1 saturated heterocycles. The zero-order chi connectivity index (χ0) is 8.27. The first-order valence-corrected chi connectivity index (χ1v) is 4.54. The second kappa shape index (κ2) is 4.07. The second-order valence-corrected chi connectivity index (χ2v) is 3.76. The van der Waals surface area contributed by atoms with Crippen molar-refractivity contribution in [2.24, 2.45) is 5.92 Å². The van der Waals surface area contributed by atoms with E-state index in [0.29, 0.717) is 12.1 Å². The highest BCUT2D eigenvalue weighted by molar-refractivity contribution is 4.76. The first kappa shape index (κ1) is 9.01. The number of rotatable bonds is 3. The highest BCUT2D eigenvalue weighted by Crippen LogP contribution is 2.07. The molecule has 0 spiro atoms. The predicted octanol–water partition coefficient (Wildman–Crippen LogP) is 1.41. The van der Waals surface area contributed by atoms with Gasteiger partial charge in [-0.15, -0.1) is 0 Å². The highest BCUT2D eigenvalue weighted by atomic mass is 16.5. The van der Waals surface area contributed by atoms with Gasteiger partial charge in [-0.25, -0.2) is 0 Å². The molecule has 2 nitrogen and oxygen atoms in total. The van der Waals surface area contributed by atoms with Crippen LogP contribution in [0.3, 0.4) is 0 Å². The molecule has 0 aromatic rings. The Morgan fingerprint density at radius 3 is 2.55 bits per heavy atom. The van der Waals surface area contributed by atoms with E-state index in [9.17, 15) is 0 Å². The maximum atomic E-state index is 5.28. The molecular weight excluding hydrogens is 138 g/mol. The maximum absolute atomic E-state index is 5.28. The van der Waals surface area contributed by atoms with E-state index in [0.717, 1.165) is 19.1 Å². The topological polar surface area (TPSA) is 21.3 Å². The average Bonchev–Trinajstić information content (AvgIpc) is 2.39. The molecule has 0 radical (unpaired) electrons. The lowest BCUT2D eigenvalue weighted by Gasteiger charge is -2.21. The summed E-state index contributed by atoms with van der Waals surface area (Å²) in [6, 6.07) is 1.22. The molecule has 2 atom stereocenters. The molecule has 1 rings (SSSR count). The Labute approximate surface area is 69.3 Å². The van der Waals surface area contributed by atoms with Gasteiger partial charge in [0.2, 0.25) is 0 Å². The molecule has 0 bridgehead atoms. The smallest absolute Gasteiger partial charge is 0.0620 e. The van der Waals surface area contributed by atoms with Crippen molar-refractivity contribution in [3.05, 3.63) is 0 Å². The molecular formula is C9H19NO. The van der Waals surface area contributed by atoms with Gasteiger partial charge in [-0.1, -0.05) is 13.8 Å². The van der Waals surface area contributed by atoms with Crippen molar-refractivity contribution in [3.8, 4) is 0 Å². The van der Waals surface area contributed by atoms with Gasteiger partial charge in [0.15, 0.2) is 0 Å². The lowest BCUT2D eigenvalue weighted by Crippen LogP contribution is -2.39. The van der Waals surface area contributed by atoms with Crippen LogP contribution in [0.15, 0.2) is 0 Å². The first-order chi connectivity index (χ1) is 5.20. The van der Waals surface area contributed by atoms with Crippen LogP contribution >= 0.6 is 0 Å². The average molecular weight is 157 g/mol. The lowest BCUT2D eigenvalue weighted by atomic mass is 10.1. The first-order valence-electron chi connectivity index (χ1n) is 4.54. The molecule has 2 unspecified atom stereocenters. The van der Waals surface area contributed by atoms with Gasteiger partial charge in [-0.2, -0.15) is 0 Å². The van der Waals surface area contributed by atoms with E-state index >= 15 is 0 Å². The van der Waals surface area contributed by atoms with E-state index < -0.39 is 0 Å². The third kappa shape index (κ3) is 2.80. The largest absolute Gasteiger partial charge is 0.380 e. The number of nitrogens with one attached hydrogen (secondary N) is 1. The zero-order valence-electron chi connectivity index (χ0n) is 7.76.